The van der Waals surface area contributed by atoms with E-state index in [1.807, 2.05) is 60.0 Å². The molecular formula is C30H28FN5O. The van der Waals surface area contributed by atoms with Crippen molar-refractivity contribution in [3.8, 4) is 22.4 Å². The first-order chi connectivity index (χ1) is 17.7. The molecule has 7 heteroatoms. The second-order valence-electron chi connectivity index (χ2n) is 10.2. The number of carbonyl (C=O) groups is 1. The highest BCUT2D eigenvalue weighted by Gasteiger charge is 2.17. The van der Waals surface area contributed by atoms with Crippen LogP contribution in [0, 0.1) is 12.7 Å². The van der Waals surface area contributed by atoms with Crippen LogP contribution in [0.15, 0.2) is 79.4 Å². The molecule has 0 spiro atoms. The highest BCUT2D eigenvalue weighted by molar-refractivity contribution is 5.91. The van der Waals surface area contributed by atoms with E-state index in [2.05, 4.69) is 41.0 Å². The Hall–Kier alpha value is -4.39. The Morgan fingerprint density at radius 2 is 1.76 bits per heavy atom. The fourth-order valence-corrected chi connectivity index (χ4v) is 4.29. The molecule has 1 aromatic carbocycles. The number of hydrogen-bond acceptors (Lipinski definition) is 4. The molecule has 186 valence electrons. The molecule has 0 saturated heterocycles. The first-order valence-corrected chi connectivity index (χ1v) is 12.1. The number of aromatic nitrogens is 4. The molecule has 1 amide bonds. The van der Waals surface area contributed by atoms with E-state index in [1.54, 1.807) is 24.7 Å². The Balaban J connectivity index is 1.34. The van der Waals surface area contributed by atoms with E-state index < -0.39 is 5.82 Å². The molecule has 0 aliphatic rings. The van der Waals surface area contributed by atoms with Crippen LogP contribution in [0.1, 0.15) is 37.6 Å². The van der Waals surface area contributed by atoms with E-state index >= 15 is 4.39 Å². The molecule has 0 unspecified atom stereocenters. The third-order valence-corrected chi connectivity index (χ3v) is 6.31. The Kier molecular flexibility index (Phi) is 6.29. The predicted octanol–water partition coefficient (Wildman–Crippen LogP) is 6.38. The van der Waals surface area contributed by atoms with Gasteiger partial charge in [0.15, 0.2) is 0 Å². The minimum absolute atomic E-state index is 0.0758. The molecule has 4 aromatic heterocycles. The Morgan fingerprint density at radius 3 is 2.49 bits per heavy atom. The van der Waals surface area contributed by atoms with Crippen molar-refractivity contribution >= 4 is 17.4 Å². The number of nitrogens with one attached hydrogen (secondary N) is 1. The number of rotatable bonds is 5. The maximum absolute atomic E-state index is 15.1. The summed E-state index contributed by atoms with van der Waals surface area (Å²) in [6.45, 7) is 8.21. The third-order valence-electron chi connectivity index (χ3n) is 6.31. The van der Waals surface area contributed by atoms with Crippen LogP contribution in [-0.4, -0.2) is 25.3 Å². The number of benzene rings is 1. The number of fused-ring (bicyclic) bond motifs is 1. The van der Waals surface area contributed by atoms with Gasteiger partial charge < -0.3 is 5.32 Å². The fraction of sp³-hybridized carbons (Fsp3) is 0.200. The van der Waals surface area contributed by atoms with Gasteiger partial charge in [-0.25, -0.2) is 14.4 Å². The second kappa shape index (κ2) is 9.58. The maximum Gasteiger partial charge on any atom is 0.230 e. The molecule has 0 atom stereocenters. The largest absolute Gasteiger partial charge is 0.310 e. The lowest BCUT2D eigenvalue weighted by Gasteiger charge is -2.20. The Labute approximate surface area is 215 Å². The molecule has 0 fully saturated rings. The van der Waals surface area contributed by atoms with Gasteiger partial charge in [-0.05, 0) is 77.1 Å². The molecule has 1 N–H and O–H groups in total. The first-order valence-electron chi connectivity index (χ1n) is 12.1. The van der Waals surface area contributed by atoms with Crippen LogP contribution in [0.4, 0.5) is 10.2 Å². The Bertz CT molecular complexity index is 1600. The van der Waals surface area contributed by atoms with Gasteiger partial charge in [0, 0.05) is 29.8 Å². The van der Waals surface area contributed by atoms with Gasteiger partial charge in [0.25, 0.3) is 0 Å². The average Bonchev–Trinajstić information content (AvgIpc) is 3.28. The summed E-state index contributed by atoms with van der Waals surface area (Å²) in [5.41, 5.74) is 6.42. The highest BCUT2D eigenvalue weighted by atomic mass is 19.1. The molecule has 5 rings (SSSR count). The SMILES string of the molecule is Cc1cc(C(C)(C)C)cc(NC(=O)Cc2ccc(-c3cnc4cc(-c5ccncc5)ccn34)cc2F)n1. The lowest BCUT2D eigenvalue weighted by Crippen LogP contribution is -2.18. The summed E-state index contributed by atoms with van der Waals surface area (Å²) in [5.74, 6) is -0.282. The first kappa shape index (κ1) is 24.3. The van der Waals surface area contributed by atoms with Gasteiger partial charge in [-0.3, -0.25) is 14.2 Å². The molecular weight excluding hydrogens is 465 g/mol. The maximum atomic E-state index is 15.1. The van der Waals surface area contributed by atoms with Crippen molar-refractivity contribution in [2.24, 2.45) is 0 Å². The molecule has 0 bridgehead atoms. The van der Waals surface area contributed by atoms with Crippen LogP contribution in [0.3, 0.4) is 0 Å². The summed E-state index contributed by atoms with van der Waals surface area (Å²) in [4.78, 5) is 25.7. The van der Waals surface area contributed by atoms with E-state index in [9.17, 15) is 4.79 Å². The van der Waals surface area contributed by atoms with Crippen LogP contribution in [0.5, 0.6) is 0 Å². The van der Waals surface area contributed by atoms with E-state index in [1.165, 1.54) is 6.07 Å². The third kappa shape index (κ3) is 5.26. The van der Waals surface area contributed by atoms with Crippen molar-refractivity contribution in [1.29, 1.82) is 0 Å². The monoisotopic (exact) mass is 493 g/mol. The van der Waals surface area contributed by atoms with Gasteiger partial charge in [0.1, 0.15) is 17.3 Å². The number of nitrogens with zero attached hydrogens (tertiary/aromatic N) is 4. The highest BCUT2D eigenvalue weighted by Crippen LogP contribution is 2.27. The van der Waals surface area contributed by atoms with Gasteiger partial charge in [-0.1, -0.05) is 32.9 Å². The summed E-state index contributed by atoms with van der Waals surface area (Å²) >= 11 is 0. The normalized spacial score (nSPS) is 11.6. The topological polar surface area (TPSA) is 72.2 Å². The predicted molar refractivity (Wildman–Crippen MR) is 144 cm³/mol. The van der Waals surface area contributed by atoms with Crippen molar-refractivity contribution in [2.45, 2.75) is 39.5 Å². The van der Waals surface area contributed by atoms with Crippen LogP contribution in [0.25, 0.3) is 28.0 Å². The van der Waals surface area contributed by atoms with Crippen LogP contribution < -0.4 is 5.32 Å². The number of anilines is 1. The fourth-order valence-electron chi connectivity index (χ4n) is 4.29. The van der Waals surface area contributed by atoms with E-state index in [0.717, 1.165) is 33.7 Å². The zero-order valence-corrected chi connectivity index (χ0v) is 21.3. The lowest BCUT2D eigenvalue weighted by molar-refractivity contribution is -0.115. The van der Waals surface area contributed by atoms with Crippen LogP contribution in [-0.2, 0) is 16.6 Å². The Morgan fingerprint density at radius 1 is 0.973 bits per heavy atom. The number of aryl methyl sites for hydroxylation is 1. The van der Waals surface area contributed by atoms with Crippen LogP contribution in [0.2, 0.25) is 0 Å². The summed E-state index contributed by atoms with van der Waals surface area (Å²) in [6.07, 6.45) is 7.06. The van der Waals surface area contributed by atoms with Crippen molar-refractivity contribution in [3.63, 3.8) is 0 Å². The van der Waals surface area contributed by atoms with Crippen molar-refractivity contribution < 1.29 is 9.18 Å². The summed E-state index contributed by atoms with van der Waals surface area (Å²) in [5, 5.41) is 2.82. The number of carbonyl (C=O) groups excluding carboxylic acids is 1. The van der Waals surface area contributed by atoms with E-state index in [4.69, 9.17) is 0 Å². The minimum Gasteiger partial charge on any atom is -0.310 e. The smallest absolute Gasteiger partial charge is 0.230 e. The number of imidazole rings is 1. The molecule has 37 heavy (non-hydrogen) atoms. The van der Waals surface area contributed by atoms with Gasteiger partial charge in [0.2, 0.25) is 5.91 Å². The van der Waals surface area contributed by atoms with Crippen LogP contribution >= 0.6 is 0 Å². The molecule has 6 nitrogen and oxygen atoms in total. The van der Waals surface area contributed by atoms with Gasteiger partial charge in [-0.2, -0.15) is 0 Å². The molecule has 0 aliphatic heterocycles. The van der Waals surface area contributed by atoms with E-state index in [-0.39, 0.29) is 17.7 Å². The summed E-state index contributed by atoms with van der Waals surface area (Å²) < 4.78 is 17.0. The lowest BCUT2D eigenvalue weighted by atomic mass is 9.87. The molecule has 0 radical (unpaired) electrons. The number of amides is 1. The van der Waals surface area contributed by atoms with Crippen molar-refractivity contribution in [2.75, 3.05) is 5.32 Å². The molecule has 4 heterocycles. The standard InChI is InChI=1S/C30H28FN5O/c1-19-13-24(30(2,3)4)17-27(34-19)35-29(37)16-22-5-6-23(14-25(22)31)26-18-33-28-15-21(9-12-36(26)28)20-7-10-32-11-8-20/h5-15,17-18H,16H2,1-4H3,(H,34,35,37). The summed E-state index contributed by atoms with van der Waals surface area (Å²) in [6, 6.07) is 16.7. The molecule has 5 aromatic rings. The average molecular weight is 494 g/mol. The molecule has 0 saturated carbocycles. The zero-order chi connectivity index (χ0) is 26.2. The van der Waals surface area contributed by atoms with Gasteiger partial charge in [0.05, 0.1) is 18.3 Å². The second-order valence-corrected chi connectivity index (χ2v) is 10.2. The quantitative estimate of drug-likeness (QED) is 0.308. The summed E-state index contributed by atoms with van der Waals surface area (Å²) in [7, 11) is 0. The van der Waals surface area contributed by atoms with Gasteiger partial charge >= 0.3 is 0 Å². The van der Waals surface area contributed by atoms with Crippen molar-refractivity contribution in [3.05, 3.63) is 102 Å². The number of hydrogen-bond donors (Lipinski definition) is 1. The van der Waals surface area contributed by atoms with Crippen molar-refractivity contribution in [1.82, 2.24) is 19.4 Å². The van der Waals surface area contributed by atoms with E-state index in [0.29, 0.717) is 16.9 Å². The number of halogens is 1. The molecule has 0 aliphatic carbocycles. The van der Waals surface area contributed by atoms with Gasteiger partial charge in [-0.15, -0.1) is 0 Å². The minimum atomic E-state index is -0.441. The number of pyridine rings is 3. The zero-order valence-electron chi connectivity index (χ0n) is 21.3.